The summed E-state index contributed by atoms with van der Waals surface area (Å²) in [5.41, 5.74) is 6.33. The maximum Gasteiger partial charge on any atom is 0.252 e. The number of hydrogen-bond acceptors (Lipinski definition) is 6. The third-order valence-corrected chi connectivity index (χ3v) is 10.4. The van der Waals surface area contributed by atoms with Crippen molar-refractivity contribution in [2.24, 2.45) is 5.92 Å². The molecule has 7 rings (SSSR count). The summed E-state index contributed by atoms with van der Waals surface area (Å²) >= 11 is 5.82. The van der Waals surface area contributed by atoms with Gasteiger partial charge in [0.2, 0.25) is 0 Å². The van der Waals surface area contributed by atoms with E-state index in [4.69, 9.17) is 21.1 Å². The van der Waals surface area contributed by atoms with Gasteiger partial charge in [-0.25, -0.2) is 8.78 Å². The van der Waals surface area contributed by atoms with Crippen LogP contribution in [0.3, 0.4) is 0 Å². The van der Waals surface area contributed by atoms with Crippen molar-refractivity contribution < 1.29 is 23.0 Å². The number of nitrogens with one attached hydrogen (secondary N) is 2. The molecule has 248 valence electrons. The molecule has 3 aliphatic heterocycles. The maximum atomic E-state index is 14.6. The Labute approximate surface area is 279 Å². The summed E-state index contributed by atoms with van der Waals surface area (Å²) in [6.45, 7) is 5.95. The van der Waals surface area contributed by atoms with Gasteiger partial charge in [0.1, 0.15) is 5.75 Å². The number of fused-ring (bicyclic) bond motifs is 2. The van der Waals surface area contributed by atoms with Gasteiger partial charge in [-0.1, -0.05) is 35.9 Å². The van der Waals surface area contributed by atoms with Crippen molar-refractivity contribution in [1.29, 1.82) is 0 Å². The van der Waals surface area contributed by atoms with E-state index in [0.717, 1.165) is 97.2 Å². The molecule has 3 atom stereocenters. The predicted octanol–water partition coefficient (Wildman–Crippen LogP) is 6.12. The third kappa shape index (κ3) is 6.58. The molecule has 1 saturated carbocycles. The van der Waals surface area contributed by atoms with Gasteiger partial charge in [-0.15, -0.1) is 0 Å². The van der Waals surface area contributed by atoms with Crippen LogP contribution in [-0.4, -0.2) is 68.8 Å². The van der Waals surface area contributed by atoms with E-state index in [9.17, 15) is 13.6 Å². The molecule has 47 heavy (non-hydrogen) atoms. The Morgan fingerprint density at radius 1 is 1.06 bits per heavy atom. The summed E-state index contributed by atoms with van der Waals surface area (Å²) in [5, 5.41) is 7.10. The number of methoxy groups -OCH3 is 1. The Bertz CT molecular complexity index is 1680. The molecule has 3 heterocycles. The second-order valence-electron chi connectivity index (χ2n) is 13.2. The van der Waals surface area contributed by atoms with E-state index in [1.165, 1.54) is 6.07 Å². The molecule has 0 unspecified atom stereocenters. The first-order valence-corrected chi connectivity index (χ1v) is 16.9. The Hall–Kier alpha value is -3.66. The minimum atomic E-state index is -0.863. The SMILES string of the molecule is COc1cccc(CN(C(=O)C2=C(c3ccc(N4CC[C@@H](COc5c(F)ccc(Cl)c5F)C4)cc3)C[C@@H]3CNC[C@H]2N3)C2CC2)c1C. The first kappa shape index (κ1) is 31.9. The van der Waals surface area contributed by atoms with Gasteiger partial charge in [0.15, 0.2) is 17.4 Å². The fourth-order valence-electron chi connectivity index (χ4n) is 7.30. The van der Waals surface area contributed by atoms with Crippen molar-refractivity contribution in [3.05, 3.63) is 93.5 Å². The van der Waals surface area contributed by atoms with Crippen molar-refractivity contribution >= 4 is 28.8 Å². The van der Waals surface area contributed by atoms with Gasteiger partial charge in [0.25, 0.3) is 5.91 Å². The van der Waals surface area contributed by atoms with E-state index in [1.807, 2.05) is 12.1 Å². The van der Waals surface area contributed by atoms with Crippen LogP contribution in [0.15, 0.2) is 60.2 Å². The third-order valence-electron chi connectivity index (χ3n) is 10.1. The summed E-state index contributed by atoms with van der Waals surface area (Å²) in [7, 11) is 1.68. The Balaban J connectivity index is 1.10. The highest BCUT2D eigenvalue weighted by atomic mass is 35.5. The van der Waals surface area contributed by atoms with Crippen LogP contribution < -0.4 is 25.0 Å². The number of amides is 1. The number of carbonyl (C=O) groups is 1. The lowest BCUT2D eigenvalue weighted by Crippen LogP contribution is -2.60. The lowest BCUT2D eigenvalue weighted by molar-refractivity contribution is -0.128. The largest absolute Gasteiger partial charge is 0.496 e. The summed E-state index contributed by atoms with van der Waals surface area (Å²) < 4.78 is 39.6. The van der Waals surface area contributed by atoms with E-state index < -0.39 is 17.4 Å². The van der Waals surface area contributed by atoms with Crippen LogP contribution in [0.2, 0.25) is 5.02 Å². The molecule has 2 N–H and O–H groups in total. The minimum Gasteiger partial charge on any atom is -0.496 e. The first-order chi connectivity index (χ1) is 22.8. The molecule has 4 aliphatic rings. The molecular weight excluding hydrogens is 622 g/mol. The minimum absolute atomic E-state index is 0.0501. The smallest absolute Gasteiger partial charge is 0.252 e. The number of benzene rings is 3. The molecule has 3 aromatic rings. The summed E-state index contributed by atoms with van der Waals surface area (Å²) in [4.78, 5) is 18.9. The highest BCUT2D eigenvalue weighted by Gasteiger charge is 2.41. The normalized spacial score (nSPS) is 22.4. The highest BCUT2D eigenvalue weighted by molar-refractivity contribution is 6.30. The Morgan fingerprint density at radius 3 is 2.64 bits per heavy atom. The molecule has 2 saturated heterocycles. The predicted molar refractivity (Wildman–Crippen MR) is 180 cm³/mol. The van der Waals surface area contributed by atoms with Gasteiger partial charge in [0, 0.05) is 62.0 Å². The molecule has 3 fully saturated rings. The van der Waals surface area contributed by atoms with Crippen LogP contribution in [0.1, 0.15) is 42.4 Å². The van der Waals surface area contributed by atoms with Crippen molar-refractivity contribution in [3.63, 3.8) is 0 Å². The molecule has 0 aromatic heterocycles. The maximum absolute atomic E-state index is 14.6. The van der Waals surface area contributed by atoms with Gasteiger partial charge in [0.05, 0.1) is 24.8 Å². The first-order valence-electron chi connectivity index (χ1n) is 16.6. The van der Waals surface area contributed by atoms with Crippen molar-refractivity contribution in [2.75, 3.05) is 44.8 Å². The topological polar surface area (TPSA) is 66.1 Å². The Kier molecular flexibility index (Phi) is 9.13. The van der Waals surface area contributed by atoms with Crippen molar-refractivity contribution in [2.45, 2.75) is 57.3 Å². The zero-order valence-corrected chi connectivity index (χ0v) is 27.6. The van der Waals surface area contributed by atoms with Crippen molar-refractivity contribution in [3.8, 4) is 11.5 Å². The van der Waals surface area contributed by atoms with Crippen LogP contribution in [-0.2, 0) is 11.3 Å². The van der Waals surface area contributed by atoms with Gasteiger partial charge < -0.3 is 29.9 Å². The van der Waals surface area contributed by atoms with Crippen LogP contribution in [0.25, 0.3) is 5.57 Å². The highest BCUT2D eigenvalue weighted by Crippen LogP contribution is 2.38. The van der Waals surface area contributed by atoms with Crippen LogP contribution in [0.5, 0.6) is 11.5 Å². The van der Waals surface area contributed by atoms with Gasteiger partial charge in [-0.2, -0.15) is 0 Å². The fraction of sp³-hybridized carbons (Fsp3) is 0.432. The molecule has 1 aliphatic carbocycles. The summed E-state index contributed by atoms with van der Waals surface area (Å²) in [6, 6.07) is 17.3. The van der Waals surface area contributed by atoms with Gasteiger partial charge >= 0.3 is 0 Å². The number of nitrogens with zero attached hydrogens (tertiary/aromatic N) is 2. The molecule has 1 amide bonds. The zero-order chi connectivity index (χ0) is 32.7. The number of halogens is 3. The fourth-order valence-corrected chi connectivity index (χ4v) is 7.45. The number of carbonyl (C=O) groups excluding carboxylic acids is 1. The zero-order valence-electron chi connectivity index (χ0n) is 26.8. The van der Waals surface area contributed by atoms with Crippen LogP contribution >= 0.6 is 11.6 Å². The molecular formula is C37H41ClF2N4O3. The molecule has 2 bridgehead atoms. The lowest BCUT2D eigenvalue weighted by atomic mass is 9.83. The molecule has 7 nitrogen and oxygen atoms in total. The van der Waals surface area contributed by atoms with Crippen molar-refractivity contribution in [1.82, 2.24) is 15.5 Å². The standard InChI is InChI=1S/C37H41ClF2N4O3/c1-22-25(4-3-5-33(22)46-2)20-44(28-10-11-28)37(45)34-29(16-26-17-41-18-32(34)42-26)24-6-8-27(9-7-24)43-15-14-23(19-43)21-47-36-31(39)13-12-30(38)35(36)40/h3-9,12-13,23,26,28,32,41-42H,10-11,14-21H2,1-2H3/t23-,26-,32-/m1/s1. The summed E-state index contributed by atoms with van der Waals surface area (Å²) in [5.74, 6) is -0.957. The van der Waals surface area contributed by atoms with E-state index in [2.05, 4.69) is 57.7 Å². The van der Waals surface area contributed by atoms with E-state index in [0.29, 0.717) is 6.54 Å². The van der Waals surface area contributed by atoms with Gasteiger partial charge in [-0.3, -0.25) is 4.79 Å². The van der Waals surface area contributed by atoms with Crippen LogP contribution in [0, 0.1) is 24.5 Å². The van der Waals surface area contributed by atoms with Gasteiger partial charge in [-0.05, 0) is 85.2 Å². The van der Waals surface area contributed by atoms with E-state index in [-0.39, 0.29) is 41.6 Å². The second kappa shape index (κ2) is 13.5. The molecule has 0 spiro atoms. The number of hydrogen-bond donors (Lipinski definition) is 2. The average Bonchev–Trinajstić information content (AvgIpc) is 3.82. The van der Waals surface area contributed by atoms with E-state index in [1.54, 1.807) is 7.11 Å². The monoisotopic (exact) mass is 662 g/mol. The van der Waals surface area contributed by atoms with Crippen LogP contribution in [0.4, 0.5) is 14.5 Å². The second-order valence-corrected chi connectivity index (χ2v) is 13.6. The lowest BCUT2D eigenvalue weighted by Gasteiger charge is -2.41. The number of rotatable bonds is 10. The number of anilines is 1. The molecule has 0 radical (unpaired) electrons. The average molecular weight is 663 g/mol. The summed E-state index contributed by atoms with van der Waals surface area (Å²) in [6.07, 6.45) is 3.67. The van der Waals surface area contributed by atoms with E-state index >= 15 is 0 Å². The molecule has 3 aromatic carbocycles. The quantitative estimate of drug-likeness (QED) is 0.255. The number of ether oxygens (including phenoxy) is 2. The Morgan fingerprint density at radius 2 is 1.87 bits per heavy atom. The molecule has 10 heteroatoms. The number of piperazine rings is 1.